The molecule has 0 bridgehead atoms. The van der Waals surface area contributed by atoms with E-state index in [0.29, 0.717) is 35.6 Å². The zero-order chi connectivity index (χ0) is 27.8. The van der Waals surface area contributed by atoms with Gasteiger partial charge >= 0.3 is 0 Å². The lowest BCUT2D eigenvalue weighted by atomic mass is 9.74. The first-order valence-corrected chi connectivity index (χ1v) is 13.8. The minimum Gasteiger partial charge on any atom is -0.487 e. The van der Waals surface area contributed by atoms with E-state index in [4.69, 9.17) is 22.1 Å². The van der Waals surface area contributed by atoms with Crippen LogP contribution in [0.15, 0.2) is 81.7 Å². The molecule has 0 amide bonds. The van der Waals surface area contributed by atoms with Crippen molar-refractivity contribution in [1.29, 1.82) is 5.26 Å². The molecule has 0 spiro atoms. The van der Waals surface area contributed by atoms with Gasteiger partial charge in [-0.15, -0.1) is 0 Å². The van der Waals surface area contributed by atoms with Gasteiger partial charge in [0.15, 0.2) is 5.78 Å². The molecule has 1 atom stereocenters. The van der Waals surface area contributed by atoms with Crippen molar-refractivity contribution < 1.29 is 13.9 Å². The van der Waals surface area contributed by atoms with E-state index in [1.165, 1.54) is 18.2 Å². The Balaban J connectivity index is 1.61. The van der Waals surface area contributed by atoms with Crippen LogP contribution in [0, 0.1) is 31.0 Å². The van der Waals surface area contributed by atoms with Crippen LogP contribution in [-0.2, 0) is 11.4 Å². The molecule has 1 unspecified atom stereocenters. The number of nitrogens with two attached hydrogens (primary N) is 1. The Morgan fingerprint density at radius 1 is 1.13 bits per heavy atom. The molecular formula is C31H26BrClFN3O2. The predicted molar refractivity (Wildman–Crippen MR) is 154 cm³/mol. The zero-order valence-electron chi connectivity index (χ0n) is 21.5. The number of rotatable bonds is 5. The molecule has 39 heavy (non-hydrogen) atoms. The summed E-state index contributed by atoms with van der Waals surface area (Å²) in [5.41, 5.74) is 13.0. The van der Waals surface area contributed by atoms with Crippen LogP contribution in [0.4, 0.5) is 10.1 Å². The molecule has 1 heterocycles. The number of anilines is 1. The van der Waals surface area contributed by atoms with E-state index in [9.17, 15) is 14.4 Å². The van der Waals surface area contributed by atoms with E-state index in [1.54, 1.807) is 0 Å². The number of ether oxygens (including phenoxy) is 1. The summed E-state index contributed by atoms with van der Waals surface area (Å²) in [5.74, 6) is -0.297. The van der Waals surface area contributed by atoms with Gasteiger partial charge in [0.2, 0.25) is 0 Å². The summed E-state index contributed by atoms with van der Waals surface area (Å²) in [6, 6.07) is 18.0. The van der Waals surface area contributed by atoms with Crippen molar-refractivity contribution in [2.24, 2.45) is 5.73 Å². The highest BCUT2D eigenvalue weighted by molar-refractivity contribution is 9.10. The summed E-state index contributed by atoms with van der Waals surface area (Å²) in [4.78, 5) is 15.4. The van der Waals surface area contributed by atoms with Crippen molar-refractivity contribution in [3.8, 4) is 11.8 Å². The highest BCUT2D eigenvalue weighted by Gasteiger charge is 2.41. The second kappa shape index (κ2) is 10.9. The molecule has 1 aliphatic carbocycles. The molecule has 8 heteroatoms. The van der Waals surface area contributed by atoms with Crippen molar-refractivity contribution in [3.05, 3.63) is 115 Å². The molecule has 5 rings (SSSR count). The van der Waals surface area contributed by atoms with E-state index >= 15 is 0 Å². The first-order valence-electron chi connectivity index (χ1n) is 12.6. The van der Waals surface area contributed by atoms with E-state index in [-0.39, 0.29) is 17.4 Å². The van der Waals surface area contributed by atoms with Gasteiger partial charge in [-0.3, -0.25) is 9.69 Å². The second-order valence-electron chi connectivity index (χ2n) is 9.79. The number of benzene rings is 3. The second-order valence-corrected chi connectivity index (χ2v) is 11.1. The molecule has 0 radical (unpaired) electrons. The average molecular weight is 607 g/mol. The molecule has 2 aliphatic rings. The summed E-state index contributed by atoms with van der Waals surface area (Å²) in [5, 5.41) is 10.6. The molecule has 0 fully saturated rings. The van der Waals surface area contributed by atoms with Crippen LogP contribution in [0.5, 0.6) is 5.75 Å². The molecule has 0 saturated heterocycles. The maximum absolute atomic E-state index is 13.5. The Kier molecular flexibility index (Phi) is 7.53. The summed E-state index contributed by atoms with van der Waals surface area (Å²) in [6.07, 6.45) is 1.82. The van der Waals surface area contributed by atoms with Crippen LogP contribution in [0.3, 0.4) is 0 Å². The standard InChI is InChI=1S/C31H26BrClFN3O2/c1-17-12-18(2)23(13-19(17)16-39-28-11-8-21(34)14-25(28)33)29-24(15-35)31(36)37(22-9-6-20(32)7-10-22)26-4-3-5-27(38)30(26)29/h6-14,29H,3-5,16,36H2,1-2H3. The number of hydrogen-bond donors (Lipinski definition) is 1. The smallest absolute Gasteiger partial charge is 0.161 e. The van der Waals surface area contributed by atoms with Crippen LogP contribution >= 0.6 is 27.5 Å². The lowest BCUT2D eigenvalue weighted by Crippen LogP contribution is -2.38. The molecule has 3 aromatic rings. The minimum atomic E-state index is -0.585. The topological polar surface area (TPSA) is 79.4 Å². The monoisotopic (exact) mass is 605 g/mol. The summed E-state index contributed by atoms with van der Waals surface area (Å²) in [6.45, 7) is 4.14. The fourth-order valence-electron chi connectivity index (χ4n) is 5.41. The maximum atomic E-state index is 13.5. The van der Waals surface area contributed by atoms with Crippen LogP contribution in [0.25, 0.3) is 0 Å². The Morgan fingerprint density at radius 2 is 1.87 bits per heavy atom. The number of hydrogen-bond acceptors (Lipinski definition) is 5. The van der Waals surface area contributed by atoms with E-state index in [0.717, 1.165) is 44.5 Å². The molecule has 1 aliphatic heterocycles. The fraction of sp³-hybridized carbons (Fsp3) is 0.226. The highest BCUT2D eigenvalue weighted by Crippen LogP contribution is 2.47. The Bertz CT molecular complexity index is 1590. The number of aryl methyl sites for hydroxylation is 2. The van der Waals surface area contributed by atoms with Crippen molar-refractivity contribution in [1.82, 2.24) is 0 Å². The SMILES string of the molecule is Cc1cc(C)c(C2C(C#N)=C(N)N(c3ccc(Br)cc3)C3=C2C(=O)CCC3)cc1COc1ccc(F)cc1Cl. The molecule has 198 valence electrons. The Hall–Kier alpha value is -3.60. The number of ketones is 1. The molecule has 5 nitrogen and oxygen atoms in total. The number of nitriles is 1. The third-order valence-electron chi connectivity index (χ3n) is 7.31. The zero-order valence-corrected chi connectivity index (χ0v) is 23.9. The van der Waals surface area contributed by atoms with Crippen molar-refractivity contribution in [2.75, 3.05) is 4.90 Å². The number of nitrogens with zero attached hydrogens (tertiary/aromatic N) is 2. The summed E-state index contributed by atoms with van der Waals surface area (Å²) >= 11 is 9.63. The van der Waals surface area contributed by atoms with Gasteiger partial charge in [-0.2, -0.15) is 5.26 Å². The lowest BCUT2D eigenvalue weighted by Gasteiger charge is -2.40. The molecule has 2 N–H and O–H groups in total. The Morgan fingerprint density at radius 3 is 2.56 bits per heavy atom. The number of Topliss-reactive ketones (excluding diaryl/α,β-unsaturated/α-hetero) is 1. The van der Waals surface area contributed by atoms with Crippen LogP contribution in [0.2, 0.25) is 5.02 Å². The molecule has 0 aromatic heterocycles. The predicted octanol–water partition coefficient (Wildman–Crippen LogP) is 7.74. The molecule has 3 aromatic carbocycles. The fourth-order valence-corrected chi connectivity index (χ4v) is 5.90. The highest BCUT2D eigenvalue weighted by atomic mass is 79.9. The van der Waals surface area contributed by atoms with Gasteiger partial charge in [0.1, 0.15) is 24.0 Å². The van der Waals surface area contributed by atoms with Crippen LogP contribution in [0.1, 0.15) is 47.4 Å². The van der Waals surface area contributed by atoms with Gasteiger partial charge in [0.25, 0.3) is 0 Å². The van der Waals surface area contributed by atoms with Gasteiger partial charge < -0.3 is 10.5 Å². The van der Waals surface area contributed by atoms with Gasteiger partial charge in [-0.25, -0.2) is 4.39 Å². The summed E-state index contributed by atoms with van der Waals surface area (Å²) < 4.78 is 20.3. The van der Waals surface area contributed by atoms with Crippen molar-refractivity contribution in [2.45, 2.75) is 45.6 Å². The third kappa shape index (κ3) is 5.07. The number of allylic oxidation sites excluding steroid dienone is 3. The molecular weight excluding hydrogens is 581 g/mol. The largest absolute Gasteiger partial charge is 0.487 e. The van der Waals surface area contributed by atoms with Crippen molar-refractivity contribution in [3.63, 3.8) is 0 Å². The normalized spacial score (nSPS) is 17.3. The number of halogens is 3. The average Bonchev–Trinajstić information content (AvgIpc) is 2.89. The first kappa shape index (κ1) is 27.0. The summed E-state index contributed by atoms with van der Waals surface area (Å²) in [7, 11) is 0. The van der Waals surface area contributed by atoms with E-state index in [1.807, 2.05) is 55.1 Å². The van der Waals surface area contributed by atoms with Gasteiger partial charge in [-0.1, -0.05) is 39.7 Å². The van der Waals surface area contributed by atoms with Crippen LogP contribution < -0.4 is 15.4 Å². The van der Waals surface area contributed by atoms with Gasteiger partial charge in [-0.05, 0) is 91.4 Å². The number of carbonyl (C=O) groups is 1. The number of carbonyl (C=O) groups excluding carboxylic acids is 1. The van der Waals surface area contributed by atoms with E-state index in [2.05, 4.69) is 22.0 Å². The van der Waals surface area contributed by atoms with Crippen LogP contribution in [-0.4, -0.2) is 5.78 Å². The first-order chi connectivity index (χ1) is 18.7. The lowest BCUT2D eigenvalue weighted by molar-refractivity contribution is -0.116. The van der Waals surface area contributed by atoms with Gasteiger partial charge in [0, 0.05) is 27.9 Å². The van der Waals surface area contributed by atoms with Gasteiger partial charge in [0.05, 0.1) is 22.6 Å². The molecule has 0 saturated carbocycles. The minimum absolute atomic E-state index is 0.0273. The van der Waals surface area contributed by atoms with Crippen molar-refractivity contribution >= 4 is 39.0 Å². The third-order valence-corrected chi connectivity index (χ3v) is 8.13. The quantitative estimate of drug-likeness (QED) is 0.321. The van der Waals surface area contributed by atoms with E-state index < -0.39 is 11.7 Å². The maximum Gasteiger partial charge on any atom is 0.161 e. The Labute approximate surface area is 240 Å².